The second-order valence-electron chi connectivity index (χ2n) is 4.56. The van der Waals surface area contributed by atoms with Crippen molar-refractivity contribution >= 4 is 15.9 Å². The Balaban J connectivity index is 1.97. The molecule has 1 aliphatic carbocycles. The first-order valence-electron chi connectivity index (χ1n) is 5.67. The Morgan fingerprint density at radius 2 is 2.17 bits per heavy atom. The van der Waals surface area contributed by atoms with Gasteiger partial charge in [-0.1, -0.05) is 5.16 Å². The Morgan fingerprint density at radius 1 is 1.39 bits per heavy atom. The average Bonchev–Trinajstić information content (AvgIpc) is 2.75. The fourth-order valence-corrected chi connectivity index (χ4v) is 2.51. The van der Waals surface area contributed by atoms with Gasteiger partial charge in [-0.25, -0.2) is 4.39 Å². The first-order valence-corrected chi connectivity index (χ1v) is 6.46. The molecule has 1 aromatic carbocycles. The van der Waals surface area contributed by atoms with Crippen molar-refractivity contribution in [3.8, 4) is 11.4 Å². The van der Waals surface area contributed by atoms with Crippen LogP contribution in [0.25, 0.3) is 11.4 Å². The molecule has 4 nitrogen and oxygen atoms in total. The molecule has 0 bridgehead atoms. The lowest BCUT2D eigenvalue weighted by Gasteiger charge is -2.33. The maximum atomic E-state index is 13.0. The van der Waals surface area contributed by atoms with Crippen LogP contribution < -0.4 is 5.73 Å². The van der Waals surface area contributed by atoms with Gasteiger partial charge in [0.15, 0.2) is 0 Å². The predicted octanol–water partition coefficient (Wildman–Crippen LogP) is 2.98. The van der Waals surface area contributed by atoms with Gasteiger partial charge >= 0.3 is 0 Å². The van der Waals surface area contributed by atoms with Gasteiger partial charge in [0.2, 0.25) is 11.7 Å². The minimum Gasteiger partial charge on any atom is -0.337 e. The Morgan fingerprint density at radius 3 is 2.78 bits per heavy atom. The highest BCUT2D eigenvalue weighted by Crippen LogP contribution is 2.38. The summed E-state index contributed by atoms with van der Waals surface area (Å²) in [5.41, 5.74) is 6.32. The minimum atomic E-state index is -0.474. The van der Waals surface area contributed by atoms with Crippen LogP contribution in [-0.2, 0) is 5.54 Å². The van der Waals surface area contributed by atoms with E-state index in [2.05, 4.69) is 26.1 Å². The predicted molar refractivity (Wildman–Crippen MR) is 67.1 cm³/mol. The van der Waals surface area contributed by atoms with Gasteiger partial charge in [0.05, 0.1) is 5.54 Å². The number of nitrogens with two attached hydrogens (primary N) is 1. The molecule has 0 unspecified atom stereocenters. The largest absolute Gasteiger partial charge is 0.337 e. The second kappa shape index (κ2) is 4.13. The maximum absolute atomic E-state index is 13.0. The first-order chi connectivity index (χ1) is 8.58. The maximum Gasteiger partial charge on any atom is 0.247 e. The van der Waals surface area contributed by atoms with E-state index in [-0.39, 0.29) is 5.82 Å². The molecule has 0 aliphatic heterocycles. The monoisotopic (exact) mass is 311 g/mol. The molecule has 0 spiro atoms. The summed E-state index contributed by atoms with van der Waals surface area (Å²) < 4.78 is 18.8. The third-order valence-electron chi connectivity index (χ3n) is 3.27. The topological polar surface area (TPSA) is 64.9 Å². The summed E-state index contributed by atoms with van der Waals surface area (Å²) in [6.45, 7) is 0. The van der Waals surface area contributed by atoms with Crippen LogP contribution >= 0.6 is 15.9 Å². The zero-order chi connectivity index (χ0) is 12.8. The van der Waals surface area contributed by atoms with Gasteiger partial charge in [-0.2, -0.15) is 4.98 Å². The third-order valence-corrected chi connectivity index (χ3v) is 3.93. The van der Waals surface area contributed by atoms with Crippen molar-refractivity contribution in [3.05, 3.63) is 34.4 Å². The lowest BCUT2D eigenvalue weighted by Crippen LogP contribution is -2.43. The van der Waals surface area contributed by atoms with Crippen molar-refractivity contribution in [3.63, 3.8) is 0 Å². The highest BCUT2D eigenvalue weighted by molar-refractivity contribution is 9.10. The fraction of sp³-hybridized carbons (Fsp3) is 0.333. The number of benzene rings is 1. The number of rotatable bonds is 2. The normalized spacial score (nSPS) is 17.5. The summed E-state index contributed by atoms with van der Waals surface area (Å²) in [6, 6.07) is 4.34. The number of aromatic nitrogens is 2. The molecular formula is C12H11BrFN3O. The summed E-state index contributed by atoms with van der Waals surface area (Å²) in [5, 5.41) is 3.91. The molecule has 2 N–H and O–H groups in total. The highest BCUT2D eigenvalue weighted by atomic mass is 79.9. The second-order valence-corrected chi connectivity index (χ2v) is 5.41. The Labute approximate surface area is 112 Å². The third kappa shape index (κ3) is 1.85. The van der Waals surface area contributed by atoms with Crippen molar-refractivity contribution in [1.82, 2.24) is 10.1 Å². The summed E-state index contributed by atoms with van der Waals surface area (Å²) in [6.07, 6.45) is 2.80. The molecule has 0 saturated heterocycles. The lowest BCUT2D eigenvalue weighted by molar-refractivity contribution is 0.181. The van der Waals surface area contributed by atoms with E-state index in [0.29, 0.717) is 21.8 Å². The van der Waals surface area contributed by atoms with Crippen LogP contribution in [0, 0.1) is 5.82 Å². The summed E-state index contributed by atoms with van der Waals surface area (Å²) in [7, 11) is 0. The Bertz CT molecular complexity index is 595. The summed E-state index contributed by atoms with van der Waals surface area (Å²) in [4.78, 5) is 4.31. The molecule has 2 aromatic rings. The van der Waals surface area contributed by atoms with E-state index in [4.69, 9.17) is 10.3 Å². The average molecular weight is 312 g/mol. The van der Waals surface area contributed by atoms with Gasteiger partial charge in [0.25, 0.3) is 0 Å². The van der Waals surface area contributed by atoms with Crippen molar-refractivity contribution in [1.29, 1.82) is 0 Å². The van der Waals surface area contributed by atoms with Crippen LogP contribution in [0.4, 0.5) is 4.39 Å². The molecule has 1 heterocycles. The van der Waals surface area contributed by atoms with E-state index in [1.807, 2.05) is 0 Å². The van der Waals surface area contributed by atoms with Crippen LogP contribution in [0.2, 0.25) is 0 Å². The number of hydrogen-bond acceptors (Lipinski definition) is 4. The summed E-state index contributed by atoms with van der Waals surface area (Å²) >= 11 is 3.28. The van der Waals surface area contributed by atoms with E-state index in [0.717, 1.165) is 19.3 Å². The first kappa shape index (κ1) is 11.8. The van der Waals surface area contributed by atoms with E-state index >= 15 is 0 Å². The minimum absolute atomic E-state index is 0.316. The molecule has 3 rings (SSSR count). The zero-order valence-corrected chi connectivity index (χ0v) is 11.1. The SMILES string of the molecule is NC1(c2nc(-c3ccc(F)cc3Br)no2)CCC1. The quantitative estimate of drug-likeness (QED) is 0.926. The van der Waals surface area contributed by atoms with Gasteiger partial charge in [-0.3, -0.25) is 0 Å². The number of hydrogen-bond donors (Lipinski definition) is 1. The van der Waals surface area contributed by atoms with E-state index in [9.17, 15) is 4.39 Å². The molecule has 0 atom stereocenters. The molecule has 6 heteroatoms. The lowest BCUT2D eigenvalue weighted by atomic mass is 9.78. The molecule has 1 saturated carbocycles. The molecule has 18 heavy (non-hydrogen) atoms. The molecule has 0 amide bonds. The van der Waals surface area contributed by atoms with Crippen molar-refractivity contribution in [2.75, 3.05) is 0 Å². The smallest absolute Gasteiger partial charge is 0.247 e. The van der Waals surface area contributed by atoms with Gasteiger partial charge in [0, 0.05) is 10.0 Å². The van der Waals surface area contributed by atoms with Crippen LogP contribution in [0.1, 0.15) is 25.2 Å². The van der Waals surface area contributed by atoms with Crippen molar-refractivity contribution in [2.45, 2.75) is 24.8 Å². The van der Waals surface area contributed by atoms with Crippen molar-refractivity contribution in [2.24, 2.45) is 5.73 Å². The number of nitrogens with zero attached hydrogens (tertiary/aromatic N) is 2. The summed E-state index contributed by atoms with van der Waals surface area (Å²) in [5.74, 6) is 0.567. The van der Waals surface area contributed by atoms with Gasteiger partial charge < -0.3 is 10.3 Å². The standard InChI is InChI=1S/C12H11BrFN3O/c13-9-6-7(14)2-3-8(9)10-16-11(18-17-10)12(15)4-1-5-12/h2-3,6H,1,4-5,15H2. The zero-order valence-electron chi connectivity index (χ0n) is 9.49. The highest BCUT2D eigenvalue weighted by Gasteiger charge is 2.40. The van der Waals surface area contributed by atoms with Crippen LogP contribution in [-0.4, -0.2) is 10.1 Å². The van der Waals surface area contributed by atoms with E-state index in [1.165, 1.54) is 12.1 Å². The fourth-order valence-electron chi connectivity index (χ4n) is 1.98. The molecular weight excluding hydrogens is 301 g/mol. The van der Waals surface area contributed by atoms with Crippen LogP contribution in [0.5, 0.6) is 0 Å². The van der Waals surface area contributed by atoms with Crippen LogP contribution in [0.3, 0.4) is 0 Å². The molecule has 94 valence electrons. The van der Waals surface area contributed by atoms with Crippen molar-refractivity contribution < 1.29 is 8.91 Å². The van der Waals surface area contributed by atoms with Gasteiger partial charge in [-0.05, 0) is 53.4 Å². The molecule has 1 aliphatic rings. The molecule has 0 radical (unpaired) electrons. The van der Waals surface area contributed by atoms with Crippen LogP contribution in [0.15, 0.2) is 27.2 Å². The Hall–Kier alpha value is -1.27. The molecule has 1 fully saturated rings. The van der Waals surface area contributed by atoms with Gasteiger partial charge in [-0.15, -0.1) is 0 Å². The van der Waals surface area contributed by atoms with Gasteiger partial charge in [0.1, 0.15) is 5.82 Å². The number of halogens is 2. The van der Waals surface area contributed by atoms with E-state index < -0.39 is 5.54 Å². The van der Waals surface area contributed by atoms with E-state index in [1.54, 1.807) is 6.07 Å². The molecule has 1 aromatic heterocycles. The Kier molecular flexibility index (Phi) is 2.71.